The number of thiazole rings is 1. The van der Waals surface area contributed by atoms with Crippen LogP contribution in [0.4, 0.5) is 5.13 Å². The quantitative estimate of drug-likeness (QED) is 0.268. The second kappa shape index (κ2) is 9.55. The highest BCUT2D eigenvalue weighted by molar-refractivity contribution is 8.00. The van der Waals surface area contributed by atoms with E-state index in [9.17, 15) is 14.4 Å². The average Bonchev–Trinajstić information content (AvgIpc) is 3.31. The molecule has 0 spiro atoms. The fourth-order valence-electron chi connectivity index (χ4n) is 3.62. The largest absolute Gasteiger partial charge is 0.497 e. The number of benzene rings is 2. The lowest BCUT2D eigenvalue weighted by molar-refractivity contribution is -0.113. The number of methoxy groups -OCH3 is 1. The zero-order valence-electron chi connectivity index (χ0n) is 19.5. The first-order chi connectivity index (χ1) is 17.4. The Bertz CT molecular complexity index is 1710. The number of amides is 1. The molecule has 0 radical (unpaired) electrons. The minimum Gasteiger partial charge on any atom is -0.497 e. The van der Waals surface area contributed by atoms with Gasteiger partial charge < -0.3 is 10.1 Å². The van der Waals surface area contributed by atoms with Gasteiger partial charge in [-0.3, -0.25) is 18.7 Å². The van der Waals surface area contributed by atoms with Crippen LogP contribution in [-0.4, -0.2) is 42.9 Å². The molecule has 0 bridgehead atoms. The van der Waals surface area contributed by atoms with Crippen LogP contribution in [0.5, 0.6) is 5.75 Å². The van der Waals surface area contributed by atoms with E-state index in [1.807, 2.05) is 24.3 Å². The van der Waals surface area contributed by atoms with Gasteiger partial charge in [-0.25, -0.2) is 19.7 Å². The molecule has 10 nitrogen and oxygen atoms in total. The van der Waals surface area contributed by atoms with Gasteiger partial charge in [-0.05, 0) is 36.4 Å². The number of rotatable bonds is 6. The summed E-state index contributed by atoms with van der Waals surface area (Å²) in [6.45, 7) is 0. The number of nitrogens with zero attached hydrogens (tertiary/aromatic N) is 5. The summed E-state index contributed by atoms with van der Waals surface area (Å²) >= 11 is 2.48. The lowest BCUT2D eigenvalue weighted by atomic mass is 10.2. The molecule has 0 saturated heterocycles. The molecule has 0 saturated carbocycles. The Hall–Kier alpha value is -4.03. The highest BCUT2D eigenvalue weighted by Crippen LogP contribution is 2.28. The maximum atomic E-state index is 13.0. The third kappa shape index (κ3) is 4.36. The number of carbonyl (C=O) groups excluding carboxylic acids is 1. The summed E-state index contributed by atoms with van der Waals surface area (Å²) in [5.74, 6) is 0.679. The monoisotopic (exact) mass is 520 g/mol. The predicted molar refractivity (Wildman–Crippen MR) is 141 cm³/mol. The lowest BCUT2D eigenvalue weighted by Gasteiger charge is -2.12. The number of hydrogen-bond donors (Lipinski definition) is 1. The molecule has 1 amide bonds. The van der Waals surface area contributed by atoms with Gasteiger partial charge in [-0.15, -0.1) is 0 Å². The highest BCUT2D eigenvalue weighted by atomic mass is 32.2. The third-order valence-electron chi connectivity index (χ3n) is 5.50. The van der Waals surface area contributed by atoms with E-state index in [0.717, 1.165) is 26.5 Å². The number of carbonyl (C=O) groups is 1. The molecule has 5 rings (SSSR count). The normalized spacial score (nSPS) is 11.2. The molecule has 3 aromatic heterocycles. The number of para-hydroxylation sites is 1. The van der Waals surface area contributed by atoms with Crippen molar-refractivity contribution in [2.24, 2.45) is 14.1 Å². The van der Waals surface area contributed by atoms with Crippen LogP contribution in [0.2, 0.25) is 0 Å². The molecule has 1 N–H and O–H groups in total. The van der Waals surface area contributed by atoms with Crippen LogP contribution in [0.25, 0.3) is 32.6 Å². The summed E-state index contributed by atoms with van der Waals surface area (Å²) in [6, 6.07) is 14.7. The van der Waals surface area contributed by atoms with E-state index < -0.39 is 11.2 Å². The lowest BCUT2D eigenvalue weighted by Crippen LogP contribution is -2.37. The molecule has 3 heterocycles. The van der Waals surface area contributed by atoms with Crippen LogP contribution >= 0.6 is 23.1 Å². The summed E-state index contributed by atoms with van der Waals surface area (Å²) in [4.78, 5) is 51.9. The topological polar surface area (TPSA) is 121 Å². The standard InChI is InChI=1S/C24H20N6O4S2/c1-29-20-18(22(32)30(2)24(29)33)21(28-19(27-20)13-8-10-14(34-3)11-9-13)35-12-17(31)26-23-25-15-6-4-5-7-16(15)36-23/h4-11H,12H2,1-3H3,(H,25,26,31). The third-order valence-corrected chi connectivity index (χ3v) is 7.42. The first-order valence-electron chi connectivity index (χ1n) is 10.8. The summed E-state index contributed by atoms with van der Waals surface area (Å²) in [6.07, 6.45) is 0. The first kappa shape index (κ1) is 23.7. The van der Waals surface area contributed by atoms with Gasteiger partial charge in [0, 0.05) is 19.7 Å². The number of aromatic nitrogens is 5. The zero-order chi connectivity index (χ0) is 25.4. The summed E-state index contributed by atoms with van der Waals surface area (Å²) < 4.78 is 8.49. The van der Waals surface area contributed by atoms with Crippen LogP contribution in [0.1, 0.15) is 0 Å². The van der Waals surface area contributed by atoms with E-state index in [1.54, 1.807) is 38.4 Å². The van der Waals surface area contributed by atoms with Crippen molar-refractivity contribution in [2.45, 2.75) is 5.03 Å². The van der Waals surface area contributed by atoms with E-state index in [4.69, 9.17) is 4.74 Å². The van der Waals surface area contributed by atoms with E-state index >= 15 is 0 Å². The van der Waals surface area contributed by atoms with Gasteiger partial charge >= 0.3 is 5.69 Å². The fraction of sp³-hybridized carbons (Fsp3) is 0.167. The first-order valence-corrected chi connectivity index (χ1v) is 12.6. The number of fused-ring (bicyclic) bond motifs is 2. The second-order valence-electron chi connectivity index (χ2n) is 7.81. The molecule has 36 heavy (non-hydrogen) atoms. The number of aryl methyl sites for hydroxylation is 1. The van der Waals surface area contributed by atoms with Crippen LogP contribution in [-0.2, 0) is 18.9 Å². The van der Waals surface area contributed by atoms with Crippen LogP contribution in [0.15, 0.2) is 63.1 Å². The zero-order valence-corrected chi connectivity index (χ0v) is 21.1. The summed E-state index contributed by atoms with van der Waals surface area (Å²) in [5.41, 5.74) is 0.644. The Balaban J connectivity index is 1.51. The fourth-order valence-corrected chi connectivity index (χ4v) is 5.31. The Morgan fingerprint density at radius 1 is 1.03 bits per heavy atom. The molecule has 2 aromatic carbocycles. The van der Waals surface area contributed by atoms with Crippen LogP contribution < -0.4 is 21.3 Å². The van der Waals surface area contributed by atoms with Crippen molar-refractivity contribution < 1.29 is 9.53 Å². The summed E-state index contributed by atoms with van der Waals surface area (Å²) in [7, 11) is 4.51. The predicted octanol–water partition coefficient (Wildman–Crippen LogP) is 3.04. The minimum atomic E-state index is -0.525. The minimum absolute atomic E-state index is 0.0178. The number of thioether (sulfide) groups is 1. The van der Waals surface area contributed by atoms with E-state index in [1.165, 1.54) is 23.0 Å². The summed E-state index contributed by atoms with van der Waals surface area (Å²) in [5, 5.41) is 3.78. The van der Waals surface area contributed by atoms with Crippen molar-refractivity contribution in [3.05, 3.63) is 69.4 Å². The van der Waals surface area contributed by atoms with Gasteiger partial charge in [0.15, 0.2) is 16.6 Å². The molecule has 0 fully saturated rings. The maximum absolute atomic E-state index is 13.0. The number of nitrogens with one attached hydrogen (secondary N) is 1. The Kier molecular flexibility index (Phi) is 6.29. The molecule has 0 unspecified atom stereocenters. The second-order valence-corrected chi connectivity index (χ2v) is 9.80. The van der Waals surface area contributed by atoms with E-state index in [2.05, 4.69) is 20.3 Å². The number of hydrogen-bond acceptors (Lipinski definition) is 9. The van der Waals surface area contributed by atoms with Gasteiger partial charge in [-0.1, -0.05) is 35.2 Å². The van der Waals surface area contributed by atoms with Gasteiger partial charge in [0.2, 0.25) is 5.91 Å². The smallest absolute Gasteiger partial charge is 0.332 e. The van der Waals surface area contributed by atoms with Crippen LogP contribution in [0.3, 0.4) is 0 Å². The van der Waals surface area contributed by atoms with E-state index in [0.29, 0.717) is 27.3 Å². The van der Waals surface area contributed by atoms with Gasteiger partial charge in [0.1, 0.15) is 16.2 Å². The molecule has 12 heteroatoms. The van der Waals surface area contributed by atoms with Gasteiger partial charge in [0.05, 0.1) is 23.1 Å². The highest BCUT2D eigenvalue weighted by Gasteiger charge is 2.19. The van der Waals surface area contributed by atoms with Gasteiger partial charge in [-0.2, -0.15) is 0 Å². The van der Waals surface area contributed by atoms with E-state index in [-0.39, 0.29) is 22.7 Å². The van der Waals surface area contributed by atoms with Crippen molar-refractivity contribution >= 4 is 55.4 Å². The van der Waals surface area contributed by atoms with Crippen molar-refractivity contribution in [2.75, 3.05) is 18.2 Å². The van der Waals surface area contributed by atoms with Crippen molar-refractivity contribution in [3.8, 4) is 17.1 Å². The van der Waals surface area contributed by atoms with Crippen molar-refractivity contribution in [3.63, 3.8) is 0 Å². The Morgan fingerprint density at radius 2 is 1.78 bits per heavy atom. The molecular formula is C24H20N6O4S2. The molecule has 0 atom stereocenters. The molecule has 0 aliphatic carbocycles. The van der Waals surface area contributed by atoms with Crippen molar-refractivity contribution in [1.29, 1.82) is 0 Å². The van der Waals surface area contributed by atoms with Gasteiger partial charge in [0.25, 0.3) is 5.56 Å². The number of anilines is 1. The average molecular weight is 521 g/mol. The molecule has 0 aliphatic heterocycles. The Labute approximate surface area is 212 Å². The van der Waals surface area contributed by atoms with Crippen LogP contribution in [0, 0.1) is 0 Å². The molecular weight excluding hydrogens is 500 g/mol. The van der Waals surface area contributed by atoms with Crippen molar-refractivity contribution in [1.82, 2.24) is 24.1 Å². The Morgan fingerprint density at radius 3 is 2.50 bits per heavy atom. The SMILES string of the molecule is COc1ccc(-c2nc(SCC(=O)Nc3nc4ccccc4s3)c3c(=O)n(C)c(=O)n(C)c3n2)cc1. The molecule has 182 valence electrons. The molecule has 5 aromatic rings. The maximum Gasteiger partial charge on any atom is 0.332 e. The number of ether oxygens (including phenoxy) is 1. The molecule has 0 aliphatic rings.